The monoisotopic (exact) mass is 292 g/mol. The summed E-state index contributed by atoms with van der Waals surface area (Å²) in [5.41, 5.74) is 2.56. The Hall–Kier alpha value is -1.36. The highest BCUT2D eigenvalue weighted by Crippen LogP contribution is 2.17. The lowest BCUT2D eigenvalue weighted by atomic mass is 10.0. The van der Waals surface area contributed by atoms with Crippen molar-refractivity contribution in [3.05, 3.63) is 17.0 Å². The quantitative estimate of drug-likeness (QED) is 0.903. The molecule has 1 saturated heterocycles. The Labute approximate surface area is 127 Å². The molecule has 0 spiro atoms. The number of nitrogens with zero attached hydrogens (tertiary/aromatic N) is 3. The number of piperidine rings is 1. The van der Waals surface area contributed by atoms with E-state index in [9.17, 15) is 4.79 Å². The van der Waals surface area contributed by atoms with Gasteiger partial charge in [-0.1, -0.05) is 13.3 Å². The van der Waals surface area contributed by atoms with Gasteiger partial charge in [-0.3, -0.25) is 9.48 Å². The highest BCUT2D eigenvalue weighted by Gasteiger charge is 2.25. The molecule has 5 nitrogen and oxygen atoms in total. The molecule has 2 rings (SSSR count). The van der Waals surface area contributed by atoms with E-state index < -0.39 is 0 Å². The fourth-order valence-electron chi connectivity index (χ4n) is 3.13. The van der Waals surface area contributed by atoms with Crippen LogP contribution in [0.15, 0.2) is 0 Å². The van der Waals surface area contributed by atoms with Gasteiger partial charge in [0, 0.05) is 31.9 Å². The number of aromatic nitrogens is 2. The molecule has 1 aromatic rings. The normalized spacial score (nSPS) is 18.8. The minimum atomic E-state index is 0.132. The van der Waals surface area contributed by atoms with E-state index in [0.29, 0.717) is 6.04 Å². The van der Waals surface area contributed by atoms with Crippen molar-refractivity contribution in [1.29, 1.82) is 0 Å². The first-order valence-electron chi connectivity index (χ1n) is 8.07. The molecule has 21 heavy (non-hydrogen) atoms. The van der Waals surface area contributed by atoms with E-state index in [1.165, 1.54) is 19.3 Å². The van der Waals surface area contributed by atoms with Crippen LogP contribution in [-0.2, 0) is 7.05 Å². The Balaban J connectivity index is 2.14. The maximum Gasteiger partial charge on any atom is 0.257 e. The second-order valence-electron chi connectivity index (χ2n) is 6.07. The first-order valence-corrected chi connectivity index (χ1v) is 8.07. The number of carbonyl (C=O) groups excluding carboxylic acids is 1. The first kappa shape index (κ1) is 16.0. The van der Waals surface area contributed by atoms with Crippen molar-refractivity contribution in [2.75, 3.05) is 19.6 Å². The predicted octanol–water partition coefficient (Wildman–Crippen LogP) is 2.03. The molecule has 1 atom stereocenters. The number of hydrogen-bond acceptors (Lipinski definition) is 3. The molecular weight excluding hydrogens is 264 g/mol. The van der Waals surface area contributed by atoms with Crippen LogP contribution in [0.1, 0.15) is 54.4 Å². The second kappa shape index (κ2) is 7.07. The van der Waals surface area contributed by atoms with Crippen molar-refractivity contribution < 1.29 is 4.79 Å². The van der Waals surface area contributed by atoms with Crippen molar-refractivity contribution in [2.24, 2.45) is 7.05 Å². The second-order valence-corrected chi connectivity index (χ2v) is 6.07. The summed E-state index contributed by atoms with van der Waals surface area (Å²) in [6.45, 7) is 8.70. The van der Waals surface area contributed by atoms with Crippen LogP contribution in [0.3, 0.4) is 0 Å². The van der Waals surface area contributed by atoms with Gasteiger partial charge < -0.3 is 10.2 Å². The Morgan fingerprint density at radius 3 is 2.71 bits per heavy atom. The van der Waals surface area contributed by atoms with Crippen molar-refractivity contribution in [3.63, 3.8) is 0 Å². The Kier molecular flexibility index (Phi) is 5.39. The minimum Gasteiger partial charge on any atom is -0.337 e. The van der Waals surface area contributed by atoms with Gasteiger partial charge >= 0.3 is 0 Å². The van der Waals surface area contributed by atoms with Gasteiger partial charge in [-0.25, -0.2) is 0 Å². The van der Waals surface area contributed by atoms with Crippen LogP contribution in [0.4, 0.5) is 0 Å². The topological polar surface area (TPSA) is 50.2 Å². The zero-order valence-corrected chi connectivity index (χ0v) is 13.8. The lowest BCUT2D eigenvalue weighted by Gasteiger charge is -2.30. The average molecular weight is 292 g/mol. The lowest BCUT2D eigenvalue weighted by molar-refractivity contribution is 0.0730. The lowest BCUT2D eigenvalue weighted by Crippen LogP contribution is -2.46. The van der Waals surface area contributed by atoms with E-state index in [4.69, 9.17) is 0 Å². The predicted molar refractivity (Wildman–Crippen MR) is 84.5 cm³/mol. The van der Waals surface area contributed by atoms with E-state index in [1.807, 2.05) is 25.8 Å². The van der Waals surface area contributed by atoms with Gasteiger partial charge in [0.25, 0.3) is 5.91 Å². The molecule has 1 fully saturated rings. The molecule has 0 radical (unpaired) electrons. The molecule has 1 aliphatic rings. The molecule has 0 saturated carbocycles. The summed E-state index contributed by atoms with van der Waals surface area (Å²) in [5, 5.41) is 7.91. The molecular formula is C16H28N4O. The zero-order valence-electron chi connectivity index (χ0n) is 13.8. The fraction of sp³-hybridized carbons (Fsp3) is 0.750. The van der Waals surface area contributed by atoms with Gasteiger partial charge in [-0.15, -0.1) is 0 Å². The zero-order chi connectivity index (χ0) is 15.4. The van der Waals surface area contributed by atoms with Crippen molar-refractivity contribution in [3.8, 4) is 0 Å². The molecule has 0 aliphatic carbocycles. The number of aryl methyl sites for hydroxylation is 2. The fourth-order valence-corrected chi connectivity index (χ4v) is 3.13. The van der Waals surface area contributed by atoms with Crippen LogP contribution in [0, 0.1) is 13.8 Å². The maximum absolute atomic E-state index is 12.9. The maximum atomic E-state index is 12.9. The first-order chi connectivity index (χ1) is 10.0. The van der Waals surface area contributed by atoms with E-state index in [-0.39, 0.29) is 5.91 Å². The molecule has 1 aromatic heterocycles. The molecule has 1 amide bonds. The van der Waals surface area contributed by atoms with E-state index >= 15 is 0 Å². The molecule has 1 aliphatic heterocycles. The van der Waals surface area contributed by atoms with Gasteiger partial charge in [-0.05, 0) is 39.7 Å². The highest BCUT2D eigenvalue weighted by molar-refractivity contribution is 5.96. The van der Waals surface area contributed by atoms with Crippen LogP contribution in [0.25, 0.3) is 0 Å². The van der Waals surface area contributed by atoms with Crippen molar-refractivity contribution in [2.45, 2.75) is 52.5 Å². The summed E-state index contributed by atoms with van der Waals surface area (Å²) in [6.07, 6.45) is 4.66. The van der Waals surface area contributed by atoms with Crippen molar-refractivity contribution in [1.82, 2.24) is 20.0 Å². The average Bonchev–Trinajstić information content (AvgIpc) is 2.72. The van der Waals surface area contributed by atoms with Crippen LogP contribution < -0.4 is 5.32 Å². The number of amides is 1. The molecule has 2 heterocycles. The summed E-state index contributed by atoms with van der Waals surface area (Å²) in [5.74, 6) is 0.132. The molecule has 118 valence electrons. The summed E-state index contributed by atoms with van der Waals surface area (Å²) in [7, 11) is 1.89. The summed E-state index contributed by atoms with van der Waals surface area (Å²) in [4.78, 5) is 14.9. The Bertz CT molecular complexity index is 489. The third kappa shape index (κ3) is 3.64. The molecule has 0 bridgehead atoms. The third-order valence-electron chi connectivity index (χ3n) is 4.36. The van der Waals surface area contributed by atoms with Crippen LogP contribution in [-0.4, -0.2) is 46.3 Å². The van der Waals surface area contributed by atoms with E-state index in [2.05, 4.69) is 17.3 Å². The highest BCUT2D eigenvalue weighted by atomic mass is 16.2. The summed E-state index contributed by atoms with van der Waals surface area (Å²) < 4.78 is 1.80. The smallest absolute Gasteiger partial charge is 0.257 e. The molecule has 5 heteroatoms. The number of rotatable bonds is 5. The van der Waals surface area contributed by atoms with E-state index in [0.717, 1.165) is 43.0 Å². The molecule has 1 unspecified atom stereocenters. The van der Waals surface area contributed by atoms with Gasteiger partial charge in [0.1, 0.15) is 0 Å². The third-order valence-corrected chi connectivity index (χ3v) is 4.36. The van der Waals surface area contributed by atoms with E-state index in [1.54, 1.807) is 4.68 Å². The van der Waals surface area contributed by atoms with Gasteiger partial charge in [-0.2, -0.15) is 5.10 Å². The van der Waals surface area contributed by atoms with Crippen LogP contribution >= 0.6 is 0 Å². The number of carbonyl (C=O) groups is 1. The Morgan fingerprint density at radius 2 is 2.19 bits per heavy atom. The number of nitrogens with one attached hydrogen (secondary N) is 1. The van der Waals surface area contributed by atoms with Gasteiger partial charge in [0.05, 0.1) is 11.3 Å². The standard InChI is InChI=1S/C16H28N4O/c1-5-10-20(11-14-8-6-7-9-17-14)16(21)15-12(2)18-19(4)13(15)3/h14,17H,5-11H2,1-4H3. The largest absolute Gasteiger partial charge is 0.337 e. The number of hydrogen-bond donors (Lipinski definition) is 1. The SMILES string of the molecule is CCCN(CC1CCCCN1)C(=O)c1c(C)nn(C)c1C. The van der Waals surface area contributed by atoms with Gasteiger partial charge in [0.2, 0.25) is 0 Å². The van der Waals surface area contributed by atoms with Crippen molar-refractivity contribution >= 4 is 5.91 Å². The van der Waals surface area contributed by atoms with Crippen LogP contribution in [0.5, 0.6) is 0 Å². The Morgan fingerprint density at radius 1 is 1.43 bits per heavy atom. The summed E-state index contributed by atoms with van der Waals surface area (Å²) >= 11 is 0. The molecule has 1 N–H and O–H groups in total. The van der Waals surface area contributed by atoms with Crippen LogP contribution in [0.2, 0.25) is 0 Å². The molecule has 0 aromatic carbocycles. The summed E-state index contributed by atoms with van der Waals surface area (Å²) in [6, 6.07) is 0.437. The minimum absolute atomic E-state index is 0.132. The van der Waals surface area contributed by atoms with Gasteiger partial charge in [0.15, 0.2) is 0 Å².